The van der Waals surface area contributed by atoms with Crippen molar-refractivity contribution in [2.45, 2.75) is 66.0 Å². The molecule has 0 spiro atoms. The van der Waals surface area contributed by atoms with Crippen molar-refractivity contribution in [1.29, 1.82) is 0 Å². The summed E-state index contributed by atoms with van der Waals surface area (Å²) in [7, 11) is 0. The molecule has 1 amide bonds. The van der Waals surface area contributed by atoms with Crippen LogP contribution in [0.4, 0.5) is 4.79 Å². The summed E-state index contributed by atoms with van der Waals surface area (Å²) in [5.41, 5.74) is 14.2. The average molecular weight is 370 g/mol. The van der Waals surface area contributed by atoms with E-state index in [0.29, 0.717) is 13.1 Å². The van der Waals surface area contributed by atoms with Crippen LogP contribution in [-0.2, 0) is 4.74 Å². The molecule has 6 nitrogen and oxygen atoms in total. The van der Waals surface area contributed by atoms with Crippen LogP contribution in [0.25, 0.3) is 16.0 Å². The number of carbonyl (C=O) groups excluding carboxylic acids is 1. The van der Waals surface area contributed by atoms with Crippen LogP contribution in [0.1, 0.15) is 68.8 Å². The van der Waals surface area contributed by atoms with Gasteiger partial charge in [-0.15, -0.1) is 0 Å². The van der Waals surface area contributed by atoms with E-state index >= 15 is 0 Å². The highest BCUT2D eigenvalue weighted by molar-refractivity contribution is 5.74. The van der Waals surface area contributed by atoms with Gasteiger partial charge in [0.25, 0.3) is 0 Å². The van der Waals surface area contributed by atoms with Gasteiger partial charge in [0.15, 0.2) is 0 Å². The largest absolute Gasteiger partial charge is 0.444 e. The SMILES string of the molecule is CC[C@H](N=[N+]=[N-])c1cc(C)c(C)cc1C1=CCN(C(=O)OC(C)(C)C)CC1. The van der Waals surface area contributed by atoms with Crippen molar-refractivity contribution < 1.29 is 9.53 Å². The van der Waals surface area contributed by atoms with E-state index in [4.69, 9.17) is 10.3 Å². The first-order valence-corrected chi connectivity index (χ1v) is 9.49. The van der Waals surface area contributed by atoms with Gasteiger partial charge in [0.2, 0.25) is 0 Å². The molecule has 1 heterocycles. The topological polar surface area (TPSA) is 78.3 Å². The van der Waals surface area contributed by atoms with Gasteiger partial charge >= 0.3 is 6.09 Å². The Hall–Kier alpha value is -2.46. The summed E-state index contributed by atoms with van der Waals surface area (Å²) in [4.78, 5) is 17.0. The fraction of sp³-hybridized carbons (Fsp3) is 0.571. The van der Waals surface area contributed by atoms with Crippen molar-refractivity contribution in [3.05, 3.63) is 50.9 Å². The number of benzene rings is 1. The maximum Gasteiger partial charge on any atom is 0.410 e. The summed E-state index contributed by atoms with van der Waals surface area (Å²) in [6.07, 6.45) is 3.31. The molecule has 1 aliphatic rings. The quantitative estimate of drug-likeness (QED) is 0.365. The van der Waals surface area contributed by atoms with E-state index in [1.54, 1.807) is 4.90 Å². The molecule has 1 aromatic rings. The maximum atomic E-state index is 12.3. The van der Waals surface area contributed by atoms with Gasteiger partial charge in [-0.05, 0) is 80.8 Å². The number of azide groups is 1. The Morgan fingerprint density at radius 1 is 1.33 bits per heavy atom. The zero-order valence-electron chi connectivity index (χ0n) is 17.2. The Bertz CT molecular complexity index is 786. The molecule has 0 bridgehead atoms. The van der Waals surface area contributed by atoms with Gasteiger partial charge in [0, 0.05) is 18.0 Å². The van der Waals surface area contributed by atoms with Gasteiger partial charge in [-0.1, -0.05) is 30.2 Å². The molecule has 0 N–H and O–H groups in total. The molecular weight excluding hydrogens is 340 g/mol. The lowest BCUT2D eigenvalue weighted by Gasteiger charge is -2.30. The first kappa shape index (κ1) is 20.8. The van der Waals surface area contributed by atoms with Crippen LogP contribution >= 0.6 is 0 Å². The summed E-state index contributed by atoms with van der Waals surface area (Å²) >= 11 is 0. The fourth-order valence-corrected chi connectivity index (χ4v) is 3.22. The minimum Gasteiger partial charge on any atom is -0.444 e. The smallest absolute Gasteiger partial charge is 0.410 e. The van der Waals surface area contributed by atoms with Crippen LogP contribution in [0.3, 0.4) is 0 Å². The Balaban J connectivity index is 2.32. The second-order valence-electron chi connectivity index (χ2n) is 8.06. The van der Waals surface area contributed by atoms with Crippen molar-refractivity contribution >= 4 is 11.7 Å². The Kier molecular flexibility index (Phi) is 6.55. The molecule has 0 fully saturated rings. The van der Waals surface area contributed by atoms with E-state index in [1.807, 2.05) is 27.7 Å². The van der Waals surface area contributed by atoms with E-state index in [2.05, 4.69) is 42.1 Å². The minimum atomic E-state index is -0.494. The molecule has 2 rings (SSSR count). The first-order chi connectivity index (χ1) is 12.7. The normalized spacial score (nSPS) is 15.6. The predicted octanol–water partition coefficient (Wildman–Crippen LogP) is 6.09. The third kappa shape index (κ3) is 5.27. The Morgan fingerprint density at radius 3 is 2.52 bits per heavy atom. The van der Waals surface area contributed by atoms with Crippen molar-refractivity contribution in [3.8, 4) is 0 Å². The molecule has 1 aliphatic heterocycles. The first-order valence-electron chi connectivity index (χ1n) is 9.49. The molecule has 1 atom stereocenters. The van der Waals surface area contributed by atoms with Crippen molar-refractivity contribution in [2.24, 2.45) is 5.11 Å². The molecule has 27 heavy (non-hydrogen) atoms. The molecule has 0 saturated carbocycles. The molecule has 0 saturated heterocycles. The molecule has 0 aliphatic carbocycles. The monoisotopic (exact) mass is 370 g/mol. The van der Waals surface area contributed by atoms with Crippen LogP contribution in [0.15, 0.2) is 23.3 Å². The zero-order chi connectivity index (χ0) is 20.2. The predicted molar refractivity (Wildman–Crippen MR) is 108 cm³/mol. The van der Waals surface area contributed by atoms with E-state index in [9.17, 15) is 4.79 Å². The fourth-order valence-electron chi connectivity index (χ4n) is 3.22. The zero-order valence-corrected chi connectivity index (χ0v) is 17.2. The number of aryl methyl sites for hydroxylation is 2. The molecule has 1 aromatic carbocycles. The van der Waals surface area contributed by atoms with Crippen LogP contribution in [0.2, 0.25) is 0 Å². The van der Waals surface area contributed by atoms with Gasteiger partial charge in [0.1, 0.15) is 5.60 Å². The van der Waals surface area contributed by atoms with E-state index in [1.165, 1.54) is 16.7 Å². The molecule has 0 aromatic heterocycles. The highest BCUT2D eigenvalue weighted by atomic mass is 16.6. The number of nitrogens with zero attached hydrogens (tertiary/aromatic N) is 4. The molecule has 0 radical (unpaired) electrons. The molecule has 0 unspecified atom stereocenters. The highest BCUT2D eigenvalue weighted by Gasteiger charge is 2.25. The van der Waals surface area contributed by atoms with Gasteiger partial charge in [0.05, 0.1) is 6.04 Å². The lowest BCUT2D eigenvalue weighted by atomic mass is 9.88. The van der Waals surface area contributed by atoms with Crippen LogP contribution in [0.5, 0.6) is 0 Å². The standard InChI is InChI=1S/C21H30N4O2/c1-7-19(23-24-22)18-13-15(3)14(2)12-17(18)16-8-10-25(11-9-16)20(26)27-21(4,5)6/h8,12-13,19H,7,9-11H2,1-6H3/t19-/m0/s1. The van der Waals surface area contributed by atoms with E-state index in [0.717, 1.165) is 24.0 Å². The van der Waals surface area contributed by atoms with Crippen LogP contribution in [-0.4, -0.2) is 29.7 Å². The summed E-state index contributed by atoms with van der Waals surface area (Å²) in [5, 5.41) is 3.99. The maximum absolute atomic E-state index is 12.3. The summed E-state index contributed by atoms with van der Waals surface area (Å²) in [6, 6.07) is 4.12. The highest BCUT2D eigenvalue weighted by Crippen LogP contribution is 2.34. The lowest BCUT2D eigenvalue weighted by Crippen LogP contribution is -2.39. The van der Waals surface area contributed by atoms with Crippen molar-refractivity contribution in [3.63, 3.8) is 0 Å². The van der Waals surface area contributed by atoms with Crippen LogP contribution in [0, 0.1) is 13.8 Å². The number of hydrogen-bond donors (Lipinski definition) is 0. The number of carbonyl (C=O) groups is 1. The van der Waals surface area contributed by atoms with Crippen molar-refractivity contribution in [2.75, 3.05) is 13.1 Å². The van der Waals surface area contributed by atoms with Crippen LogP contribution < -0.4 is 0 Å². The number of amides is 1. The van der Waals surface area contributed by atoms with Gasteiger partial charge in [-0.3, -0.25) is 0 Å². The molecule has 146 valence electrons. The number of rotatable bonds is 4. The summed E-state index contributed by atoms with van der Waals surface area (Å²) in [5.74, 6) is 0. The average Bonchev–Trinajstić information content (AvgIpc) is 2.60. The summed E-state index contributed by atoms with van der Waals surface area (Å²) < 4.78 is 5.47. The third-order valence-electron chi connectivity index (χ3n) is 4.81. The van der Waals surface area contributed by atoms with E-state index in [-0.39, 0.29) is 12.1 Å². The minimum absolute atomic E-state index is 0.186. The summed E-state index contributed by atoms with van der Waals surface area (Å²) in [6.45, 7) is 12.9. The second-order valence-corrected chi connectivity index (χ2v) is 8.06. The van der Waals surface area contributed by atoms with Gasteiger partial charge < -0.3 is 9.64 Å². The van der Waals surface area contributed by atoms with Crippen molar-refractivity contribution in [1.82, 2.24) is 4.90 Å². The van der Waals surface area contributed by atoms with E-state index < -0.39 is 5.60 Å². The molecule has 6 heteroatoms. The van der Waals surface area contributed by atoms with Gasteiger partial charge in [-0.2, -0.15) is 0 Å². The van der Waals surface area contributed by atoms with Gasteiger partial charge in [-0.25, -0.2) is 4.79 Å². The molecular formula is C21H30N4O2. The third-order valence-corrected chi connectivity index (χ3v) is 4.81. The second kappa shape index (κ2) is 8.49. The Labute approximate surface area is 161 Å². The Morgan fingerprint density at radius 2 is 2.00 bits per heavy atom. The lowest BCUT2D eigenvalue weighted by molar-refractivity contribution is 0.0270. The number of hydrogen-bond acceptors (Lipinski definition) is 3. The number of ether oxygens (including phenoxy) is 1.